The van der Waals surface area contributed by atoms with Gasteiger partial charge in [0.1, 0.15) is 11.5 Å². The van der Waals surface area contributed by atoms with Crippen molar-refractivity contribution in [2.24, 2.45) is 7.05 Å². The monoisotopic (exact) mass is 364 g/mol. The molecule has 0 aliphatic heterocycles. The summed E-state index contributed by atoms with van der Waals surface area (Å²) < 4.78 is 3.49. The molecular weight excluding hydrogens is 340 g/mol. The SMILES string of the molecule is Cc1cc(-c2nc(C(=O)NC(C)C)cn2Cc2ccccc2)cn(C)c1=O. The number of carbonyl (C=O) groups excluding carboxylic acids is 1. The van der Waals surface area contributed by atoms with E-state index in [1.165, 1.54) is 0 Å². The smallest absolute Gasteiger partial charge is 0.271 e. The average Bonchev–Trinajstić information content (AvgIpc) is 3.03. The third-order valence-electron chi connectivity index (χ3n) is 4.25. The van der Waals surface area contributed by atoms with E-state index in [1.54, 1.807) is 30.9 Å². The summed E-state index contributed by atoms with van der Waals surface area (Å²) in [5, 5.41) is 2.88. The van der Waals surface area contributed by atoms with Crippen LogP contribution in [0.15, 0.2) is 53.6 Å². The summed E-state index contributed by atoms with van der Waals surface area (Å²) >= 11 is 0. The molecule has 0 saturated heterocycles. The second-order valence-electron chi connectivity index (χ2n) is 7.02. The van der Waals surface area contributed by atoms with Gasteiger partial charge in [-0.1, -0.05) is 30.3 Å². The van der Waals surface area contributed by atoms with Crippen molar-refractivity contribution < 1.29 is 4.79 Å². The molecule has 27 heavy (non-hydrogen) atoms. The maximum atomic E-state index is 12.5. The molecule has 0 unspecified atom stereocenters. The van der Waals surface area contributed by atoms with Gasteiger partial charge in [-0.3, -0.25) is 9.59 Å². The maximum Gasteiger partial charge on any atom is 0.271 e. The first-order valence-corrected chi connectivity index (χ1v) is 8.94. The number of aromatic nitrogens is 3. The molecule has 2 heterocycles. The zero-order chi connectivity index (χ0) is 19.6. The van der Waals surface area contributed by atoms with Crippen molar-refractivity contribution in [3.05, 3.63) is 76.0 Å². The van der Waals surface area contributed by atoms with Crippen LogP contribution >= 0.6 is 0 Å². The standard InChI is InChI=1S/C21H24N4O2/c1-14(2)22-20(26)18-13-25(11-16-8-6-5-7-9-16)19(23-18)17-10-15(3)21(27)24(4)12-17/h5-10,12-14H,11H2,1-4H3,(H,22,26). The molecule has 0 atom stereocenters. The summed E-state index contributed by atoms with van der Waals surface area (Å²) in [7, 11) is 1.72. The number of hydrogen-bond donors (Lipinski definition) is 1. The molecule has 0 fully saturated rings. The van der Waals surface area contributed by atoms with Crippen molar-refractivity contribution in [2.75, 3.05) is 0 Å². The molecular formula is C21H24N4O2. The molecule has 6 nitrogen and oxygen atoms in total. The van der Waals surface area contributed by atoms with Crippen LogP contribution in [-0.4, -0.2) is 26.1 Å². The predicted octanol–water partition coefficient (Wildman–Crippen LogP) is 2.74. The van der Waals surface area contributed by atoms with Crippen molar-refractivity contribution in [2.45, 2.75) is 33.4 Å². The molecule has 1 aromatic carbocycles. The van der Waals surface area contributed by atoms with E-state index in [9.17, 15) is 9.59 Å². The van der Waals surface area contributed by atoms with Gasteiger partial charge in [-0.05, 0) is 32.4 Å². The van der Waals surface area contributed by atoms with E-state index in [0.29, 0.717) is 23.6 Å². The number of pyridine rings is 1. The van der Waals surface area contributed by atoms with Gasteiger partial charge in [0.15, 0.2) is 0 Å². The van der Waals surface area contributed by atoms with E-state index in [-0.39, 0.29) is 17.5 Å². The molecule has 140 valence electrons. The number of nitrogens with one attached hydrogen (secondary N) is 1. The lowest BCUT2D eigenvalue weighted by atomic mass is 10.2. The van der Waals surface area contributed by atoms with E-state index in [0.717, 1.165) is 11.1 Å². The van der Waals surface area contributed by atoms with Gasteiger partial charge in [-0.2, -0.15) is 0 Å². The summed E-state index contributed by atoms with van der Waals surface area (Å²) in [5.74, 6) is 0.450. The molecule has 0 aliphatic rings. The Hall–Kier alpha value is -3.15. The van der Waals surface area contributed by atoms with Crippen LogP contribution in [0.1, 0.15) is 35.5 Å². The van der Waals surface area contributed by atoms with Gasteiger partial charge in [0, 0.05) is 43.2 Å². The van der Waals surface area contributed by atoms with Crippen molar-refractivity contribution in [1.82, 2.24) is 19.4 Å². The quantitative estimate of drug-likeness (QED) is 0.757. The van der Waals surface area contributed by atoms with E-state index in [4.69, 9.17) is 0 Å². The molecule has 3 aromatic rings. The Kier molecular flexibility index (Phi) is 5.26. The first kappa shape index (κ1) is 18.6. The van der Waals surface area contributed by atoms with Crippen LogP contribution in [0.3, 0.4) is 0 Å². The fraction of sp³-hybridized carbons (Fsp3) is 0.286. The summed E-state index contributed by atoms with van der Waals surface area (Å²) in [5.41, 5.74) is 2.86. The third-order valence-corrected chi connectivity index (χ3v) is 4.25. The number of rotatable bonds is 5. The van der Waals surface area contributed by atoms with Crippen molar-refractivity contribution in [3.8, 4) is 11.4 Å². The molecule has 1 amide bonds. The molecule has 0 bridgehead atoms. The Morgan fingerprint density at radius 3 is 2.52 bits per heavy atom. The minimum atomic E-state index is -0.209. The predicted molar refractivity (Wildman–Crippen MR) is 106 cm³/mol. The Labute approximate surface area is 158 Å². The van der Waals surface area contributed by atoms with Crippen molar-refractivity contribution in [3.63, 3.8) is 0 Å². The number of carbonyl (C=O) groups is 1. The number of hydrogen-bond acceptors (Lipinski definition) is 3. The molecule has 0 spiro atoms. The average molecular weight is 364 g/mol. The van der Waals surface area contributed by atoms with Crippen LogP contribution in [0, 0.1) is 6.92 Å². The Morgan fingerprint density at radius 2 is 1.89 bits per heavy atom. The minimum absolute atomic E-state index is 0.0278. The maximum absolute atomic E-state index is 12.5. The van der Waals surface area contributed by atoms with Gasteiger partial charge in [0.25, 0.3) is 11.5 Å². The zero-order valence-corrected chi connectivity index (χ0v) is 16.1. The summed E-state index contributed by atoms with van der Waals surface area (Å²) in [6, 6.07) is 11.8. The molecule has 0 radical (unpaired) electrons. The van der Waals surface area contributed by atoms with E-state index in [1.807, 2.05) is 54.8 Å². The normalized spacial score (nSPS) is 11.0. The minimum Gasteiger partial charge on any atom is -0.348 e. The van der Waals surface area contributed by atoms with E-state index in [2.05, 4.69) is 10.3 Å². The molecule has 3 rings (SSSR count). The fourth-order valence-electron chi connectivity index (χ4n) is 2.99. The molecule has 0 saturated carbocycles. The highest BCUT2D eigenvalue weighted by molar-refractivity contribution is 5.93. The second-order valence-corrected chi connectivity index (χ2v) is 7.02. The Morgan fingerprint density at radius 1 is 1.19 bits per heavy atom. The Balaban J connectivity index is 2.08. The lowest BCUT2D eigenvalue weighted by molar-refractivity contribution is 0.0938. The van der Waals surface area contributed by atoms with Crippen LogP contribution in [-0.2, 0) is 13.6 Å². The van der Waals surface area contributed by atoms with Crippen LogP contribution in [0.4, 0.5) is 0 Å². The fourth-order valence-corrected chi connectivity index (χ4v) is 2.99. The lowest BCUT2D eigenvalue weighted by Gasteiger charge is -2.10. The molecule has 6 heteroatoms. The van der Waals surface area contributed by atoms with Crippen molar-refractivity contribution in [1.29, 1.82) is 0 Å². The third kappa shape index (κ3) is 4.16. The van der Waals surface area contributed by atoms with Crippen LogP contribution < -0.4 is 10.9 Å². The van der Waals surface area contributed by atoms with Gasteiger partial charge >= 0.3 is 0 Å². The molecule has 1 N–H and O–H groups in total. The number of benzene rings is 1. The number of nitrogens with zero attached hydrogens (tertiary/aromatic N) is 3. The first-order valence-electron chi connectivity index (χ1n) is 8.94. The number of amides is 1. The first-order chi connectivity index (χ1) is 12.8. The highest BCUT2D eigenvalue weighted by Crippen LogP contribution is 2.20. The van der Waals surface area contributed by atoms with Crippen LogP contribution in [0.5, 0.6) is 0 Å². The topological polar surface area (TPSA) is 68.9 Å². The van der Waals surface area contributed by atoms with Gasteiger partial charge < -0.3 is 14.5 Å². The Bertz CT molecular complexity index is 990. The summed E-state index contributed by atoms with van der Waals surface area (Å²) in [6.45, 7) is 6.19. The van der Waals surface area contributed by atoms with E-state index < -0.39 is 0 Å². The van der Waals surface area contributed by atoms with Gasteiger partial charge in [-0.25, -0.2) is 4.98 Å². The number of imidazole rings is 1. The van der Waals surface area contributed by atoms with Crippen molar-refractivity contribution >= 4 is 5.91 Å². The summed E-state index contributed by atoms with van der Waals surface area (Å²) in [6.07, 6.45) is 3.52. The van der Waals surface area contributed by atoms with Crippen LogP contribution in [0.2, 0.25) is 0 Å². The largest absolute Gasteiger partial charge is 0.348 e. The molecule has 2 aromatic heterocycles. The summed E-state index contributed by atoms with van der Waals surface area (Å²) in [4.78, 5) is 29.1. The van der Waals surface area contributed by atoms with Gasteiger partial charge in [0.05, 0.1) is 0 Å². The van der Waals surface area contributed by atoms with Crippen LogP contribution in [0.25, 0.3) is 11.4 Å². The highest BCUT2D eigenvalue weighted by atomic mass is 16.2. The van der Waals surface area contributed by atoms with Gasteiger partial charge in [0.2, 0.25) is 0 Å². The second kappa shape index (κ2) is 7.61. The van der Waals surface area contributed by atoms with Gasteiger partial charge in [-0.15, -0.1) is 0 Å². The number of aryl methyl sites for hydroxylation is 2. The van der Waals surface area contributed by atoms with E-state index >= 15 is 0 Å². The lowest BCUT2D eigenvalue weighted by Crippen LogP contribution is -2.30. The zero-order valence-electron chi connectivity index (χ0n) is 16.1. The highest BCUT2D eigenvalue weighted by Gasteiger charge is 2.17. The molecule has 0 aliphatic carbocycles.